The molecule has 0 atom stereocenters. The maximum atomic E-state index is 5.63. The van der Waals surface area contributed by atoms with Crippen LogP contribution in [0.5, 0.6) is 5.75 Å². The van der Waals surface area contributed by atoms with Crippen LogP contribution in [0.15, 0.2) is 18.2 Å². The summed E-state index contributed by atoms with van der Waals surface area (Å²) in [5.74, 6) is 0.948. The summed E-state index contributed by atoms with van der Waals surface area (Å²) in [5.41, 5.74) is 7.82. The molecule has 1 rings (SSSR count). The van der Waals surface area contributed by atoms with E-state index in [4.69, 9.17) is 22.7 Å². The first-order valence-electron chi connectivity index (χ1n) is 5.08. The Hall–Kier alpha value is -1.09. The number of ether oxygens (including phenoxy) is 1. The summed E-state index contributed by atoms with van der Waals surface area (Å²) in [6.45, 7) is 4.79. The smallest absolute Gasteiger partial charge is 0.122 e. The summed E-state index contributed by atoms with van der Waals surface area (Å²) in [6, 6.07) is 6.17. The van der Waals surface area contributed by atoms with Crippen molar-refractivity contribution in [3.8, 4) is 5.75 Å². The lowest BCUT2D eigenvalue weighted by molar-refractivity contribution is 0.311. The van der Waals surface area contributed by atoms with Crippen LogP contribution < -0.4 is 10.5 Å². The average Bonchev–Trinajstić information content (AvgIpc) is 2.14. The lowest BCUT2D eigenvalue weighted by Gasteiger charge is -2.09. The van der Waals surface area contributed by atoms with Gasteiger partial charge >= 0.3 is 0 Å². The van der Waals surface area contributed by atoms with Gasteiger partial charge in [0.05, 0.1) is 11.6 Å². The Kier molecular flexibility index (Phi) is 4.56. The standard InChI is InChI=1S/C12H17NOS/c1-9-5-6-11(10(2)8-9)14-7-3-4-12(13)15/h5-6,8H,3-4,7H2,1-2H3,(H2,13,15). The van der Waals surface area contributed by atoms with E-state index in [0.717, 1.165) is 18.6 Å². The molecule has 0 aliphatic carbocycles. The Morgan fingerprint density at radius 3 is 2.73 bits per heavy atom. The predicted octanol–water partition coefficient (Wildman–Crippen LogP) is 2.75. The number of hydrogen-bond acceptors (Lipinski definition) is 2. The molecule has 15 heavy (non-hydrogen) atoms. The highest BCUT2D eigenvalue weighted by atomic mass is 32.1. The molecule has 1 aromatic rings. The fourth-order valence-corrected chi connectivity index (χ4v) is 1.53. The Labute approximate surface area is 96.4 Å². The molecule has 82 valence electrons. The second-order valence-corrected chi connectivity index (χ2v) is 4.21. The van der Waals surface area contributed by atoms with Crippen LogP contribution in [0.25, 0.3) is 0 Å². The first kappa shape index (κ1) is 12.0. The van der Waals surface area contributed by atoms with Gasteiger partial charge in [0.15, 0.2) is 0 Å². The summed E-state index contributed by atoms with van der Waals surface area (Å²) in [5, 5.41) is 0. The van der Waals surface area contributed by atoms with Gasteiger partial charge in [-0.1, -0.05) is 29.9 Å². The summed E-state index contributed by atoms with van der Waals surface area (Å²) in [7, 11) is 0. The van der Waals surface area contributed by atoms with Crippen LogP contribution in [-0.4, -0.2) is 11.6 Å². The first-order chi connectivity index (χ1) is 7.09. The van der Waals surface area contributed by atoms with Gasteiger partial charge in [0.1, 0.15) is 5.75 Å². The Balaban J connectivity index is 2.40. The van der Waals surface area contributed by atoms with Crippen molar-refractivity contribution >= 4 is 17.2 Å². The molecule has 0 aromatic heterocycles. The highest BCUT2D eigenvalue weighted by molar-refractivity contribution is 7.80. The van der Waals surface area contributed by atoms with Gasteiger partial charge in [-0.15, -0.1) is 0 Å². The van der Waals surface area contributed by atoms with Gasteiger partial charge in [0.2, 0.25) is 0 Å². The zero-order chi connectivity index (χ0) is 11.3. The molecule has 0 saturated carbocycles. The van der Waals surface area contributed by atoms with Gasteiger partial charge in [-0.2, -0.15) is 0 Å². The SMILES string of the molecule is Cc1ccc(OCCCC(N)=S)c(C)c1. The lowest BCUT2D eigenvalue weighted by Crippen LogP contribution is -2.09. The van der Waals surface area contributed by atoms with E-state index in [2.05, 4.69) is 26.0 Å². The Morgan fingerprint density at radius 2 is 2.13 bits per heavy atom. The quantitative estimate of drug-likeness (QED) is 0.616. The van der Waals surface area contributed by atoms with Crippen molar-refractivity contribution in [2.45, 2.75) is 26.7 Å². The van der Waals surface area contributed by atoms with Crippen molar-refractivity contribution in [1.29, 1.82) is 0 Å². The first-order valence-corrected chi connectivity index (χ1v) is 5.49. The molecule has 0 bridgehead atoms. The minimum atomic E-state index is 0.555. The van der Waals surface area contributed by atoms with Crippen LogP contribution >= 0.6 is 12.2 Å². The molecular weight excluding hydrogens is 206 g/mol. The molecular formula is C12H17NOS. The van der Waals surface area contributed by atoms with Gasteiger partial charge in [0, 0.05) is 6.42 Å². The largest absolute Gasteiger partial charge is 0.493 e. The van der Waals surface area contributed by atoms with Crippen molar-refractivity contribution in [3.63, 3.8) is 0 Å². The molecule has 0 heterocycles. The van der Waals surface area contributed by atoms with Gasteiger partial charge in [-0.25, -0.2) is 0 Å². The Bertz CT molecular complexity index is 349. The van der Waals surface area contributed by atoms with E-state index in [-0.39, 0.29) is 0 Å². The van der Waals surface area contributed by atoms with Gasteiger partial charge in [-0.05, 0) is 31.9 Å². The summed E-state index contributed by atoms with van der Waals surface area (Å²) < 4.78 is 5.63. The molecule has 0 unspecified atom stereocenters. The number of nitrogens with two attached hydrogens (primary N) is 1. The van der Waals surface area contributed by atoms with E-state index >= 15 is 0 Å². The minimum Gasteiger partial charge on any atom is -0.493 e. The van der Waals surface area contributed by atoms with Crippen molar-refractivity contribution in [2.75, 3.05) is 6.61 Å². The fraction of sp³-hybridized carbons (Fsp3) is 0.417. The molecule has 0 spiro atoms. The molecule has 2 nitrogen and oxygen atoms in total. The van der Waals surface area contributed by atoms with Crippen molar-refractivity contribution in [1.82, 2.24) is 0 Å². The molecule has 0 fully saturated rings. The molecule has 0 radical (unpaired) electrons. The van der Waals surface area contributed by atoms with Crippen molar-refractivity contribution in [2.24, 2.45) is 5.73 Å². The number of benzene rings is 1. The maximum absolute atomic E-state index is 5.63. The third-order valence-electron chi connectivity index (χ3n) is 2.16. The zero-order valence-corrected chi connectivity index (χ0v) is 10.1. The third-order valence-corrected chi connectivity index (χ3v) is 2.36. The van der Waals surface area contributed by atoms with E-state index in [9.17, 15) is 0 Å². The molecule has 0 aliphatic rings. The fourth-order valence-electron chi connectivity index (χ4n) is 1.39. The zero-order valence-electron chi connectivity index (χ0n) is 9.25. The number of rotatable bonds is 5. The van der Waals surface area contributed by atoms with Crippen LogP contribution in [0.4, 0.5) is 0 Å². The maximum Gasteiger partial charge on any atom is 0.122 e. The molecule has 3 heteroatoms. The van der Waals surface area contributed by atoms with Crippen LogP contribution in [0.1, 0.15) is 24.0 Å². The molecule has 2 N–H and O–H groups in total. The Morgan fingerprint density at radius 1 is 1.40 bits per heavy atom. The van der Waals surface area contributed by atoms with Crippen molar-refractivity contribution < 1.29 is 4.74 Å². The molecule has 0 saturated heterocycles. The monoisotopic (exact) mass is 223 g/mol. The highest BCUT2D eigenvalue weighted by Crippen LogP contribution is 2.18. The van der Waals surface area contributed by atoms with E-state index < -0.39 is 0 Å². The summed E-state index contributed by atoms with van der Waals surface area (Å²) in [4.78, 5) is 0.555. The average molecular weight is 223 g/mol. The van der Waals surface area contributed by atoms with Crippen molar-refractivity contribution in [3.05, 3.63) is 29.3 Å². The van der Waals surface area contributed by atoms with Crippen LogP contribution in [0.2, 0.25) is 0 Å². The van der Waals surface area contributed by atoms with E-state index in [0.29, 0.717) is 11.6 Å². The van der Waals surface area contributed by atoms with Crippen LogP contribution in [-0.2, 0) is 0 Å². The predicted molar refractivity (Wildman–Crippen MR) is 67.4 cm³/mol. The van der Waals surface area contributed by atoms with Gasteiger partial charge in [-0.3, -0.25) is 0 Å². The van der Waals surface area contributed by atoms with Crippen LogP contribution in [0, 0.1) is 13.8 Å². The topological polar surface area (TPSA) is 35.2 Å². The van der Waals surface area contributed by atoms with E-state index in [1.165, 1.54) is 11.1 Å². The van der Waals surface area contributed by atoms with Gasteiger partial charge < -0.3 is 10.5 Å². The highest BCUT2D eigenvalue weighted by Gasteiger charge is 1.99. The molecule has 1 aromatic carbocycles. The summed E-state index contributed by atoms with van der Waals surface area (Å²) in [6.07, 6.45) is 1.63. The van der Waals surface area contributed by atoms with Crippen LogP contribution in [0.3, 0.4) is 0 Å². The number of aryl methyl sites for hydroxylation is 2. The third kappa shape index (κ3) is 4.30. The second-order valence-electron chi connectivity index (χ2n) is 3.69. The minimum absolute atomic E-state index is 0.555. The van der Waals surface area contributed by atoms with E-state index in [1.807, 2.05) is 6.07 Å². The van der Waals surface area contributed by atoms with Gasteiger partial charge in [0.25, 0.3) is 0 Å². The number of thiocarbonyl (C=S) groups is 1. The van der Waals surface area contributed by atoms with E-state index in [1.54, 1.807) is 0 Å². The normalized spacial score (nSPS) is 10.0. The molecule has 0 amide bonds. The second kappa shape index (κ2) is 5.71. The number of hydrogen-bond donors (Lipinski definition) is 1. The lowest BCUT2D eigenvalue weighted by atomic mass is 10.1. The summed E-state index contributed by atoms with van der Waals surface area (Å²) >= 11 is 4.79. The molecule has 0 aliphatic heterocycles.